The second-order valence-electron chi connectivity index (χ2n) is 10.2. The summed E-state index contributed by atoms with van der Waals surface area (Å²) in [5.41, 5.74) is 2.18. The van der Waals surface area contributed by atoms with Crippen LogP contribution in [0.4, 0.5) is 0 Å². The van der Waals surface area contributed by atoms with E-state index in [1.807, 2.05) is 0 Å². The van der Waals surface area contributed by atoms with E-state index in [2.05, 4.69) is 67.5 Å². The molecule has 2 aliphatic rings. The van der Waals surface area contributed by atoms with Crippen LogP contribution in [0.25, 0.3) is 0 Å². The van der Waals surface area contributed by atoms with Gasteiger partial charge in [0.2, 0.25) is 5.91 Å². The van der Waals surface area contributed by atoms with E-state index in [0.717, 1.165) is 50.4 Å². The van der Waals surface area contributed by atoms with Crippen molar-refractivity contribution in [1.29, 1.82) is 0 Å². The Balaban J connectivity index is 0.00000385. The van der Waals surface area contributed by atoms with Gasteiger partial charge in [0, 0.05) is 31.6 Å². The fourth-order valence-electron chi connectivity index (χ4n) is 4.49. The number of amides is 1. The number of nitrogens with one attached hydrogen (secondary N) is 2. The molecule has 1 aliphatic heterocycles. The highest BCUT2D eigenvalue weighted by Gasteiger charge is 2.31. The summed E-state index contributed by atoms with van der Waals surface area (Å²) >= 11 is 0. The maximum atomic E-state index is 12.9. The van der Waals surface area contributed by atoms with Crippen molar-refractivity contribution in [2.75, 3.05) is 19.6 Å². The Morgan fingerprint density at radius 3 is 2.58 bits per heavy atom. The van der Waals surface area contributed by atoms with Crippen LogP contribution in [0, 0.1) is 5.92 Å². The highest BCUT2D eigenvalue weighted by atomic mass is 127. The van der Waals surface area contributed by atoms with Gasteiger partial charge in [-0.1, -0.05) is 43.5 Å². The number of hydrogen-bond acceptors (Lipinski definition) is 3. The van der Waals surface area contributed by atoms with Gasteiger partial charge in [-0.2, -0.15) is 0 Å². The monoisotopic (exact) mass is 570 g/mol. The summed E-state index contributed by atoms with van der Waals surface area (Å²) in [6.45, 7) is 11.9. The van der Waals surface area contributed by atoms with Gasteiger partial charge in [-0.15, -0.1) is 24.0 Å². The summed E-state index contributed by atoms with van der Waals surface area (Å²) in [4.78, 5) is 19.7. The number of rotatable bonds is 7. The van der Waals surface area contributed by atoms with E-state index in [4.69, 9.17) is 9.73 Å². The molecule has 1 atom stereocenters. The topological polar surface area (TPSA) is 66.0 Å². The lowest BCUT2D eigenvalue weighted by Gasteiger charge is -2.26. The average molecular weight is 571 g/mol. The van der Waals surface area contributed by atoms with Crippen molar-refractivity contribution in [1.82, 2.24) is 15.5 Å². The van der Waals surface area contributed by atoms with E-state index in [-0.39, 0.29) is 41.5 Å². The van der Waals surface area contributed by atoms with Gasteiger partial charge in [0.25, 0.3) is 0 Å². The predicted octanol–water partition coefficient (Wildman–Crippen LogP) is 4.86. The average Bonchev–Trinajstić information content (AvgIpc) is 3.25. The molecule has 1 aliphatic carbocycles. The normalized spacial score (nSPS) is 19.8. The van der Waals surface area contributed by atoms with Gasteiger partial charge in [-0.05, 0) is 58.1 Å². The van der Waals surface area contributed by atoms with Crippen molar-refractivity contribution in [2.24, 2.45) is 10.9 Å². The Labute approximate surface area is 217 Å². The smallest absolute Gasteiger partial charge is 0.225 e. The first kappa shape index (κ1) is 27.9. The molecule has 0 radical (unpaired) electrons. The number of halogens is 1. The molecule has 1 heterocycles. The molecular weight excluding hydrogens is 527 g/mol. The number of carbonyl (C=O) groups excluding carboxylic acids is 1. The van der Waals surface area contributed by atoms with Crippen LogP contribution in [-0.2, 0) is 22.7 Å². The van der Waals surface area contributed by atoms with Crippen LogP contribution in [0.15, 0.2) is 29.3 Å². The molecule has 0 spiro atoms. The van der Waals surface area contributed by atoms with Gasteiger partial charge in [0.15, 0.2) is 5.96 Å². The summed E-state index contributed by atoms with van der Waals surface area (Å²) in [7, 11) is 0. The van der Waals surface area contributed by atoms with Crippen molar-refractivity contribution in [3.8, 4) is 0 Å². The summed E-state index contributed by atoms with van der Waals surface area (Å²) in [6, 6.07) is 8.69. The first-order valence-electron chi connectivity index (χ1n) is 12.4. The van der Waals surface area contributed by atoms with Crippen LogP contribution in [0.2, 0.25) is 0 Å². The molecule has 1 aromatic carbocycles. The zero-order valence-electron chi connectivity index (χ0n) is 20.9. The van der Waals surface area contributed by atoms with Crippen LogP contribution < -0.4 is 10.6 Å². The summed E-state index contributed by atoms with van der Waals surface area (Å²) < 4.78 is 5.90. The highest BCUT2D eigenvalue weighted by Crippen LogP contribution is 2.26. The van der Waals surface area contributed by atoms with Gasteiger partial charge in [-0.25, -0.2) is 4.99 Å². The van der Waals surface area contributed by atoms with Crippen LogP contribution in [0.5, 0.6) is 0 Å². The SMILES string of the molecule is CCNC(=NCc1cccc(COC(C)(C)C)c1)NC1CCN(C(=O)C2CCCCC2)C1.I. The molecule has 6 nitrogen and oxygen atoms in total. The van der Waals surface area contributed by atoms with Gasteiger partial charge in [0.1, 0.15) is 0 Å². The Hall–Kier alpha value is -1.35. The quantitative estimate of drug-likeness (QED) is 0.280. The van der Waals surface area contributed by atoms with E-state index in [0.29, 0.717) is 19.1 Å². The first-order valence-corrected chi connectivity index (χ1v) is 12.4. The molecule has 1 unspecified atom stereocenters. The Morgan fingerprint density at radius 2 is 1.88 bits per heavy atom. The molecule has 2 N–H and O–H groups in total. The molecule has 0 aromatic heterocycles. The second-order valence-corrected chi connectivity index (χ2v) is 10.2. The lowest BCUT2D eigenvalue weighted by molar-refractivity contribution is -0.135. The predicted molar refractivity (Wildman–Crippen MR) is 146 cm³/mol. The third-order valence-corrected chi connectivity index (χ3v) is 6.22. The summed E-state index contributed by atoms with van der Waals surface area (Å²) in [5, 5.41) is 6.91. The van der Waals surface area contributed by atoms with Gasteiger partial charge >= 0.3 is 0 Å². The second kappa shape index (κ2) is 13.5. The molecule has 7 heteroatoms. The van der Waals surface area contributed by atoms with E-state index >= 15 is 0 Å². The molecule has 3 rings (SSSR count). The maximum Gasteiger partial charge on any atom is 0.225 e. The molecular formula is C26H43IN4O2. The summed E-state index contributed by atoms with van der Waals surface area (Å²) in [5.74, 6) is 1.44. The molecule has 33 heavy (non-hydrogen) atoms. The maximum absolute atomic E-state index is 12.9. The van der Waals surface area contributed by atoms with E-state index in [9.17, 15) is 4.79 Å². The number of nitrogens with zero attached hydrogens (tertiary/aromatic N) is 2. The van der Waals surface area contributed by atoms with Crippen molar-refractivity contribution in [2.45, 2.75) is 91.0 Å². The number of benzene rings is 1. The van der Waals surface area contributed by atoms with Gasteiger partial charge in [-0.3, -0.25) is 4.79 Å². The van der Waals surface area contributed by atoms with Crippen LogP contribution in [0.3, 0.4) is 0 Å². The molecule has 1 saturated heterocycles. The lowest BCUT2D eigenvalue weighted by Crippen LogP contribution is -2.45. The molecule has 1 saturated carbocycles. The van der Waals surface area contributed by atoms with Crippen molar-refractivity contribution in [3.63, 3.8) is 0 Å². The standard InChI is InChI=1S/C26H42N4O2.HI/c1-5-27-25(28-17-20-10-9-11-21(16-20)19-32-26(2,3)4)29-23-14-15-30(18-23)24(31)22-12-7-6-8-13-22;/h9-11,16,22-23H,5-8,12-15,17-19H2,1-4H3,(H2,27,28,29);1H. The van der Waals surface area contributed by atoms with Crippen LogP contribution >= 0.6 is 24.0 Å². The molecule has 1 amide bonds. The first-order chi connectivity index (χ1) is 15.3. The van der Waals surface area contributed by atoms with E-state index in [1.54, 1.807) is 0 Å². The number of likely N-dealkylation sites (tertiary alicyclic amines) is 1. The lowest BCUT2D eigenvalue weighted by atomic mass is 9.88. The van der Waals surface area contributed by atoms with Crippen LogP contribution in [-0.4, -0.2) is 48.0 Å². The highest BCUT2D eigenvalue weighted by molar-refractivity contribution is 14.0. The number of aliphatic imine (C=N–C) groups is 1. The molecule has 1 aromatic rings. The van der Waals surface area contributed by atoms with E-state index < -0.39 is 0 Å². The van der Waals surface area contributed by atoms with Gasteiger partial charge in [0.05, 0.1) is 18.8 Å². The summed E-state index contributed by atoms with van der Waals surface area (Å²) in [6.07, 6.45) is 6.79. The van der Waals surface area contributed by atoms with Gasteiger partial charge < -0.3 is 20.3 Å². The molecule has 2 fully saturated rings. The van der Waals surface area contributed by atoms with Crippen molar-refractivity contribution >= 4 is 35.8 Å². The zero-order chi connectivity index (χ0) is 23.0. The van der Waals surface area contributed by atoms with Crippen molar-refractivity contribution in [3.05, 3.63) is 35.4 Å². The Morgan fingerprint density at radius 1 is 1.15 bits per heavy atom. The molecule has 186 valence electrons. The minimum Gasteiger partial charge on any atom is -0.371 e. The fourth-order valence-corrected chi connectivity index (χ4v) is 4.49. The van der Waals surface area contributed by atoms with Crippen LogP contribution in [0.1, 0.15) is 77.3 Å². The Kier molecular flexibility index (Phi) is 11.4. The number of hydrogen-bond donors (Lipinski definition) is 2. The number of ether oxygens (including phenoxy) is 1. The largest absolute Gasteiger partial charge is 0.371 e. The minimum absolute atomic E-state index is 0. The molecule has 0 bridgehead atoms. The number of guanidine groups is 1. The third kappa shape index (κ3) is 9.43. The number of carbonyl (C=O) groups is 1. The van der Waals surface area contributed by atoms with Crippen molar-refractivity contribution < 1.29 is 9.53 Å². The fraction of sp³-hybridized carbons (Fsp3) is 0.692. The van der Waals surface area contributed by atoms with E-state index in [1.165, 1.54) is 24.8 Å². The third-order valence-electron chi connectivity index (χ3n) is 6.22. The Bertz CT molecular complexity index is 772. The zero-order valence-corrected chi connectivity index (χ0v) is 23.2. The minimum atomic E-state index is -0.149.